The second kappa shape index (κ2) is 7.29. The van der Waals surface area contributed by atoms with E-state index in [9.17, 15) is 9.59 Å². The molecule has 0 atom stereocenters. The Hall–Kier alpha value is -4.26. The number of amides is 1. The lowest BCUT2D eigenvalue weighted by Crippen LogP contribution is -2.30. The summed E-state index contributed by atoms with van der Waals surface area (Å²) in [6, 6.07) is 24.8. The highest BCUT2D eigenvalue weighted by Gasteiger charge is 2.13. The minimum absolute atomic E-state index is 0.182. The highest BCUT2D eigenvalue weighted by atomic mass is 16.2. The number of rotatable bonds is 4. The van der Waals surface area contributed by atoms with Crippen LogP contribution in [0.2, 0.25) is 0 Å². The number of benzene rings is 3. The van der Waals surface area contributed by atoms with Crippen LogP contribution in [0.25, 0.3) is 27.5 Å². The van der Waals surface area contributed by atoms with Crippen LogP contribution < -0.4 is 10.9 Å². The largest absolute Gasteiger partial charge is 0.324 e. The molecule has 1 amide bonds. The van der Waals surface area contributed by atoms with Gasteiger partial charge >= 0.3 is 0 Å². The minimum Gasteiger partial charge on any atom is -0.324 e. The second-order valence-corrected chi connectivity index (χ2v) is 6.89. The maximum absolute atomic E-state index is 12.9. The quantitative estimate of drug-likeness (QED) is 0.506. The zero-order valence-electron chi connectivity index (χ0n) is 15.9. The van der Waals surface area contributed by atoms with Crippen LogP contribution in [-0.2, 0) is 11.3 Å². The lowest BCUT2D eigenvalue weighted by atomic mass is 10.0. The molecular weight excluding hydrogens is 378 g/mol. The summed E-state index contributed by atoms with van der Waals surface area (Å²) in [5, 5.41) is 13.5. The van der Waals surface area contributed by atoms with Crippen molar-refractivity contribution in [2.75, 3.05) is 5.32 Å². The van der Waals surface area contributed by atoms with Gasteiger partial charge in [0.2, 0.25) is 5.91 Å². The summed E-state index contributed by atoms with van der Waals surface area (Å²) in [6.07, 6.45) is 1.45. The van der Waals surface area contributed by atoms with Crippen LogP contribution in [0.1, 0.15) is 0 Å². The fourth-order valence-corrected chi connectivity index (χ4v) is 3.49. The maximum Gasteiger partial charge on any atom is 0.293 e. The van der Waals surface area contributed by atoms with E-state index in [0.717, 1.165) is 21.0 Å². The predicted octanol–water partition coefficient (Wildman–Crippen LogP) is 3.35. The van der Waals surface area contributed by atoms with Crippen LogP contribution in [0.4, 0.5) is 5.69 Å². The SMILES string of the molecule is O=C(Cn1ncn2nc(-c3cccc4ccccc34)cc2c1=O)Nc1ccccc1. The molecule has 0 unspecified atom stereocenters. The molecule has 0 aliphatic carbocycles. The van der Waals surface area contributed by atoms with Gasteiger partial charge in [0.15, 0.2) is 0 Å². The van der Waals surface area contributed by atoms with Gasteiger partial charge in [0, 0.05) is 11.3 Å². The van der Waals surface area contributed by atoms with E-state index in [1.807, 2.05) is 60.7 Å². The molecule has 0 saturated heterocycles. The van der Waals surface area contributed by atoms with Gasteiger partial charge in [-0.05, 0) is 29.0 Å². The van der Waals surface area contributed by atoms with Gasteiger partial charge in [-0.15, -0.1) is 0 Å². The van der Waals surface area contributed by atoms with Crippen LogP contribution >= 0.6 is 0 Å². The first-order chi connectivity index (χ1) is 14.7. The number of fused-ring (bicyclic) bond motifs is 2. The van der Waals surface area contributed by atoms with Crippen molar-refractivity contribution in [3.63, 3.8) is 0 Å². The lowest BCUT2D eigenvalue weighted by Gasteiger charge is -2.06. The van der Waals surface area contributed by atoms with Crippen LogP contribution in [0, 0.1) is 0 Å². The molecule has 0 aliphatic rings. The molecule has 0 radical (unpaired) electrons. The topological polar surface area (TPSA) is 81.3 Å². The van der Waals surface area contributed by atoms with Crippen molar-refractivity contribution in [2.45, 2.75) is 6.54 Å². The van der Waals surface area contributed by atoms with Crippen molar-refractivity contribution in [2.24, 2.45) is 0 Å². The Labute approximate surface area is 171 Å². The molecule has 0 fully saturated rings. The van der Waals surface area contributed by atoms with E-state index in [4.69, 9.17) is 0 Å². The van der Waals surface area contributed by atoms with Crippen LogP contribution in [0.3, 0.4) is 0 Å². The number of para-hydroxylation sites is 1. The van der Waals surface area contributed by atoms with Gasteiger partial charge in [0.25, 0.3) is 5.56 Å². The Morgan fingerprint density at radius 3 is 2.57 bits per heavy atom. The van der Waals surface area contributed by atoms with Gasteiger partial charge in [0.1, 0.15) is 18.4 Å². The van der Waals surface area contributed by atoms with Crippen molar-refractivity contribution in [3.05, 3.63) is 95.5 Å². The van der Waals surface area contributed by atoms with Crippen molar-refractivity contribution in [1.29, 1.82) is 0 Å². The molecule has 0 bridgehead atoms. The van der Waals surface area contributed by atoms with Gasteiger partial charge in [-0.2, -0.15) is 10.2 Å². The van der Waals surface area contributed by atoms with Gasteiger partial charge in [-0.25, -0.2) is 9.20 Å². The van der Waals surface area contributed by atoms with Crippen molar-refractivity contribution in [3.8, 4) is 11.3 Å². The summed E-state index contributed by atoms with van der Waals surface area (Å²) >= 11 is 0. The van der Waals surface area contributed by atoms with Crippen molar-refractivity contribution >= 4 is 27.9 Å². The molecule has 146 valence electrons. The molecule has 0 aliphatic heterocycles. The third-order valence-corrected chi connectivity index (χ3v) is 4.91. The zero-order chi connectivity index (χ0) is 20.5. The number of carbonyl (C=O) groups excluding carboxylic acids is 1. The van der Waals surface area contributed by atoms with Crippen LogP contribution in [0.15, 0.2) is 90.0 Å². The highest BCUT2D eigenvalue weighted by molar-refractivity contribution is 5.96. The number of nitrogens with one attached hydrogen (secondary N) is 1. The molecule has 5 rings (SSSR count). The van der Waals surface area contributed by atoms with Gasteiger partial charge in [0.05, 0.1) is 5.69 Å². The predicted molar refractivity (Wildman–Crippen MR) is 115 cm³/mol. The van der Waals surface area contributed by atoms with E-state index in [0.29, 0.717) is 16.9 Å². The smallest absolute Gasteiger partial charge is 0.293 e. The first kappa shape index (κ1) is 17.8. The average Bonchev–Trinajstić information content (AvgIpc) is 3.21. The minimum atomic E-state index is -0.375. The number of hydrogen-bond donors (Lipinski definition) is 1. The number of carbonyl (C=O) groups is 1. The summed E-state index contributed by atoms with van der Waals surface area (Å²) in [6.45, 7) is -0.182. The van der Waals surface area contributed by atoms with E-state index in [-0.39, 0.29) is 18.0 Å². The highest BCUT2D eigenvalue weighted by Crippen LogP contribution is 2.27. The average molecular weight is 395 g/mol. The van der Waals surface area contributed by atoms with E-state index in [1.165, 1.54) is 10.8 Å². The Morgan fingerprint density at radius 2 is 1.70 bits per heavy atom. The molecule has 7 nitrogen and oxygen atoms in total. The first-order valence-electron chi connectivity index (χ1n) is 9.47. The van der Waals surface area contributed by atoms with E-state index < -0.39 is 0 Å². The summed E-state index contributed by atoms with van der Waals surface area (Å²) in [5.41, 5.74) is 2.26. The normalized spacial score (nSPS) is 11.1. The molecular formula is C23H17N5O2. The summed E-state index contributed by atoms with van der Waals surface area (Å²) < 4.78 is 2.59. The fourth-order valence-electron chi connectivity index (χ4n) is 3.49. The van der Waals surface area contributed by atoms with Crippen LogP contribution in [0.5, 0.6) is 0 Å². The van der Waals surface area contributed by atoms with E-state index in [2.05, 4.69) is 15.5 Å². The number of aromatic nitrogens is 4. The van der Waals surface area contributed by atoms with Crippen LogP contribution in [-0.4, -0.2) is 25.3 Å². The van der Waals surface area contributed by atoms with Gasteiger partial charge in [-0.3, -0.25) is 9.59 Å². The first-order valence-corrected chi connectivity index (χ1v) is 9.47. The van der Waals surface area contributed by atoms with Crippen molar-refractivity contribution < 1.29 is 4.79 Å². The Kier molecular flexibility index (Phi) is 4.33. The standard InChI is InChI=1S/C23H17N5O2/c29-22(25-17-9-2-1-3-10-17)14-27-23(30)21-13-20(26-28(21)15-24-27)19-12-6-8-16-7-4-5-11-18(16)19/h1-13,15H,14H2,(H,25,29). The summed E-state index contributed by atoms with van der Waals surface area (Å²) in [5.74, 6) is -0.325. The second-order valence-electron chi connectivity index (χ2n) is 6.89. The summed E-state index contributed by atoms with van der Waals surface area (Å²) in [4.78, 5) is 25.2. The molecule has 3 aromatic carbocycles. The molecule has 5 aromatic rings. The maximum atomic E-state index is 12.9. The fraction of sp³-hybridized carbons (Fsp3) is 0.0435. The molecule has 30 heavy (non-hydrogen) atoms. The molecule has 2 aromatic heterocycles. The Bertz CT molecular complexity index is 1430. The molecule has 7 heteroatoms. The van der Waals surface area contributed by atoms with Gasteiger partial charge in [-0.1, -0.05) is 60.7 Å². The van der Waals surface area contributed by atoms with E-state index in [1.54, 1.807) is 18.2 Å². The Balaban J connectivity index is 1.49. The zero-order valence-corrected chi connectivity index (χ0v) is 15.9. The third kappa shape index (κ3) is 3.22. The van der Waals surface area contributed by atoms with E-state index >= 15 is 0 Å². The lowest BCUT2D eigenvalue weighted by molar-refractivity contribution is -0.117. The monoisotopic (exact) mass is 395 g/mol. The number of anilines is 1. The molecule has 2 heterocycles. The molecule has 0 saturated carbocycles. The number of nitrogens with zero attached hydrogens (tertiary/aromatic N) is 4. The van der Waals surface area contributed by atoms with Gasteiger partial charge < -0.3 is 5.32 Å². The van der Waals surface area contributed by atoms with Crippen molar-refractivity contribution in [1.82, 2.24) is 19.4 Å². The molecule has 0 spiro atoms. The molecule has 1 N–H and O–H groups in total. The Morgan fingerprint density at radius 1 is 0.933 bits per heavy atom. The summed E-state index contributed by atoms with van der Waals surface area (Å²) in [7, 11) is 0. The third-order valence-electron chi connectivity index (χ3n) is 4.91. The number of hydrogen-bond acceptors (Lipinski definition) is 4.